The Morgan fingerprint density at radius 3 is 2.91 bits per heavy atom. The number of benzene rings is 1. The van der Waals surface area contributed by atoms with E-state index in [0.29, 0.717) is 17.8 Å². The number of anilines is 1. The molecule has 23 heavy (non-hydrogen) atoms. The van der Waals surface area contributed by atoms with E-state index >= 15 is 0 Å². The van der Waals surface area contributed by atoms with Gasteiger partial charge in [-0.15, -0.1) is 0 Å². The highest BCUT2D eigenvalue weighted by Crippen LogP contribution is 2.29. The number of carbonyl (C=O) groups is 3. The van der Waals surface area contributed by atoms with Crippen molar-refractivity contribution in [2.75, 3.05) is 24.6 Å². The van der Waals surface area contributed by atoms with E-state index < -0.39 is 11.7 Å². The van der Waals surface area contributed by atoms with E-state index in [1.165, 1.54) is 4.90 Å². The van der Waals surface area contributed by atoms with Crippen molar-refractivity contribution in [3.05, 3.63) is 29.3 Å². The second-order valence-corrected chi connectivity index (χ2v) is 5.86. The average Bonchev–Trinajstić information content (AvgIpc) is 3.16. The Hall–Kier alpha value is -2.21. The number of aryl methyl sites for hydroxylation is 1. The van der Waals surface area contributed by atoms with E-state index in [0.717, 1.165) is 31.4 Å². The Labute approximate surface area is 134 Å². The van der Waals surface area contributed by atoms with E-state index in [1.54, 1.807) is 12.1 Å². The predicted octanol–water partition coefficient (Wildman–Crippen LogP) is 1.07. The van der Waals surface area contributed by atoms with Crippen LogP contribution in [0.5, 0.6) is 0 Å². The Morgan fingerprint density at radius 2 is 2.22 bits per heavy atom. The lowest BCUT2D eigenvalue weighted by molar-refractivity contribution is -0.122. The number of nitrogens with zero attached hydrogens (tertiary/aromatic N) is 1. The van der Waals surface area contributed by atoms with E-state index in [4.69, 9.17) is 4.74 Å². The molecule has 6 heteroatoms. The third-order valence-electron chi connectivity index (χ3n) is 4.30. The molecule has 0 saturated carbocycles. The molecule has 2 aliphatic heterocycles. The van der Waals surface area contributed by atoms with Crippen molar-refractivity contribution in [1.29, 1.82) is 0 Å². The van der Waals surface area contributed by atoms with E-state index in [9.17, 15) is 14.4 Å². The van der Waals surface area contributed by atoms with Gasteiger partial charge in [0.05, 0.1) is 17.4 Å². The van der Waals surface area contributed by atoms with Gasteiger partial charge in [-0.1, -0.05) is 13.0 Å². The van der Waals surface area contributed by atoms with Gasteiger partial charge in [0.1, 0.15) is 6.54 Å². The fourth-order valence-electron chi connectivity index (χ4n) is 2.96. The van der Waals surface area contributed by atoms with Crippen molar-refractivity contribution in [2.24, 2.45) is 0 Å². The lowest BCUT2D eigenvalue weighted by Gasteiger charge is -2.17. The van der Waals surface area contributed by atoms with Crippen LogP contribution >= 0.6 is 0 Å². The number of carbonyl (C=O) groups excluding carboxylic acids is 3. The lowest BCUT2D eigenvalue weighted by Crippen LogP contribution is -2.42. The van der Waals surface area contributed by atoms with E-state index in [-0.39, 0.29) is 18.6 Å². The Bertz CT molecular complexity index is 650. The normalized spacial score (nSPS) is 20.0. The first-order valence-corrected chi connectivity index (χ1v) is 7.97. The molecule has 2 heterocycles. The average molecular weight is 316 g/mol. The number of hydrogen-bond donors (Lipinski definition) is 1. The van der Waals surface area contributed by atoms with Gasteiger partial charge < -0.3 is 10.1 Å². The summed E-state index contributed by atoms with van der Waals surface area (Å²) in [6.07, 6.45) is 2.78. The highest BCUT2D eigenvalue weighted by molar-refractivity contribution is 6.52. The molecule has 0 aliphatic carbocycles. The molecular formula is C17H20N2O4. The molecule has 1 saturated heterocycles. The number of nitrogens with one attached hydrogen (secondary N) is 1. The van der Waals surface area contributed by atoms with Gasteiger partial charge in [-0.25, -0.2) is 0 Å². The van der Waals surface area contributed by atoms with Crippen LogP contribution in [0.3, 0.4) is 0 Å². The molecule has 1 atom stereocenters. The first kappa shape index (κ1) is 15.7. The van der Waals surface area contributed by atoms with Crippen LogP contribution in [0.4, 0.5) is 5.69 Å². The molecule has 1 N–H and O–H groups in total. The summed E-state index contributed by atoms with van der Waals surface area (Å²) in [6.45, 7) is 3.01. The van der Waals surface area contributed by atoms with Crippen molar-refractivity contribution in [1.82, 2.24) is 5.32 Å². The first-order valence-electron chi connectivity index (χ1n) is 7.97. The monoisotopic (exact) mass is 316 g/mol. The highest BCUT2D eigenvalue weighted by Gasteiger charge is 2.36. The zero-order valence-corrected chi connectivity index (χ0v) is 13.1. The largest absolute Gasteiger partial charge is 0.376 e. The van der Waals surface area contributed by atoms with Crippen molar-refractivity contribution in [2.45, 2.75) is 32.3 Å². The van der Waals surface area contributed by atoms with Gasteiger partial charge in [-0.2, -0.15) is 0 Å². The minimum Gasteiger partial charge on any atom is -0.376 e. The number of fused-ring (bicyclic) bond motifs is 1. The van der Waals surface area contributed by atoms with Gasteiger partial charge in [0.2, 0.25) is 5.91 Å². The Kier molecular flexibility index (Phi) is 4.43. The highest BCUT2D eigenvalue weighted by atomic mass is 16.5. The number of ether oxygens (including phenoxy) is 1. The van der Waals surface area contributed by atoms with Crippen LogP contribution in [0.15, 0.2) is 18.2 Å². The zero-order valence-electron chi connectivity index (χ0n) is 13.1. The summed E-state index contributed by atoms with van der Waals surface area (Å²) in [5.74, 6) is -1.46. The molecule has 0 aromatic heterocycles. The fourth-order valence-corrected chi connectivity index (χ4v) is 2.96. The molecule has 1 aromatic rings. The van der Waals surface area contributed by atoms with E-state index in [1.807, 2.05) is 13.0 Å². The molecule has 0 bridgehead atoms. The Balaban J connectivity index is 1.67. The van der Waals surface area contributed by atoms with Gasteiger partial charge >= 0.3 is 0 Å². The van der Waals surface area contributed by atoms with Gasteiger partial charge in [0, 0.05) is 13.2 Å². The molecular weight excluding hydrogens is 296 g/mol. The van der Waals surface area contributed by atoms with Gasteiger partial charge in [-0.3, -0.25) is 19.3 Å². The smallest absolute Gasteiger partial charge is 0.299 e. The maximum atomic E-state index is 12.1. The van der Waals surface area contributed by atoms with Crippen molar-refractivity contribution >= 4 is 23.3 Å². The maximum absolute atomic E-state index is 12.1. The van der Waals surface area contributed by atoms with Crippen LogP contribution in [0.25, 0.3) is 0 Å². The summed E-state index contributed by atoms with van der Waals surface area (Å²) in [7, 11) is 0. The molecule has 2 aliphatic rings. The molecule has 3 rings (SSSR count). The molecule has 0 spiro atoms. The van der Waals surface area contributed by atoms with Crippen LogP contribution in [0.2, 0.25) is 0 Å². The third-order valence-corrected chi connectivity index (χ3v) is 4.30. The van der Waals surface area contributed by atoms with Crippen molar-refractivity contribution in [3.63, 3.8) is 0 Å². The fraction of sp³-hybridized carbons (Fsp3) is 0.471. The standard InChI is InChI=1S/C17H20N2O4/c1-2-11-5-6-14-13(8-11)16(21)17(22)19(14)10-15(20)18-9-12-4-3-7-23-12/h5-6,8,12H,2-4,7,9-10H2,1H3,(H,18,20). The molecule has 1 fully saturated rings. The van der Waals surface area contributed by atoms with Gasteiger partial charge in [-0.05, 0) is 37.0 Å². The molecule has 1 unspecified atom stereocenters. The number of Topliss-reactive ketones (excluding diaryl/α,β-unsaturated/α-hetero) is 1. The minimum absolute atomic E-state index is 0.0502. The molecule has 6 nitrogen and oxygen atoms in total. The van der Waals surface area contributed by atoms with Crippen molar-refractivity contribution in [3.8, 4) is 0 Å². The molecule has 0 radical (unpaired) electrons. The third kappa shape index (κ3) is 3.12. The number of hydrogen-bond acceptors (Lipinski definition) is 4. The van der Waals surface area contributed by atoms with Crippen molar-refractivity contribution < 1.29 is 19.1 Å². The van der Waals surface area contributed by atoms with Gasteiger partial charge in [0.15, 0.2) is 0 Å². The second-order valence-electron chi connectivity index (χ2n) is 5.86. The maximum Gasteiger partial charge on any atom is 0.299 e. The van der Waals surface area contributed by atoms with Crippen LogP contribution < -0.4 is 10.2 Å². The quantitative estimate of drug-likeness (QED) is 0.825. The summed E-state index contributed by atoms with van der Waals surface area (Å²) in [6, 6.07) is 5.35. The summed E-state index contributed by atoms with van der Waals surface area (Å²) < 4.78 is 5.44. The summed E-state index contributed by atoms with van der Waals surface area (Å²) in [5.41, 5.74) is 1.90. The second kappa shape index (κ2) is 6.50. The predicted molar refractivity (Wildman–Crippen MR) is 84.5 cm³/mol. The summed E-state index contributed by atoms with van der Waals surface area (Å²) >= 11 is 0. The molecule has 1 aromatic carbocycles. The van der Waals surface area contributed by atoms with Crippen LogP contribution in [-0.4, -0.2) is 43.4 Å². The first-order chi connectivity index (χ1) is 11.1. The lowest BCUT2D eigenvalue weighted by atomic mass is 10.1. The van der Waals surface area contributed by atoms with Crippen LogP contribution in [-0.2, 0) is 20.7 Å². The summed E-state index contributed by atoms with van der Waals surface area (Å²) in [4.78, 5) is 37.5. The minimum atomic E-state index is -0.638. The van der Waals surface area contributed by atoms with Crippen LogP contribution in [0.1, 0.15) is 35.7 Å². The SMILES string of the molecule is CCc1ccc2c(c1)C(=O)C(=O)N2CC(=O)NCC1CCCO1. The number of rotatable bonds is 5. The molecule has 122 valence electrons. The topological polar surface area (TPSA) is 75.7 Å². The number of ketones is 1. The number of amides is 2. The summed E-state index contributed by atoms with van der Waals surface area (Å²) in [5, 5.41) is 2.77. The van der Waals surface area contributed by atoms with Crippen LogP contribution in [0, 0.1) is 0 Å². The zero-order chi connectivity index (χ0) is 16.4. The van der Waals surface area contributed by atoms with E-state index in [2.05, 4.69) is 5.32 Å². The van der Waals surface area contributed by atoms with Gasteiger partial charge in [0.25, 0.3) is 11.7 Å². The Morgan fingerprint density at radius 1 is 1.39 bits per heavy atom. The molecule has 2 amide bonds.